The summed E-state index contributed by atoms with van der Waals surface area (Å²) in [6.07, 6.45) is 4.84. The molecule has 4 rings (SSSR count). The normalized spacial score (nSPS) is 19.2. The van der Waals surface area contributed by atoms with Gasteiger partial charge in [-0.05, 0) is 59.5 Å². The highest BCUT2D eigenvalue weighted by Crippen LogP contribution is 2.33. The van der Waals surface area contributed by atoms with Crippen molar-refractivity contribution in [2.45, 2.75) is 11.3 Å². The molecule has 2 aliphatic heterocycles. The predicted octanol–water partition coefficient (Wildman–Crippen LogP) is 4.24. The van der Waals surface area contributed by atoms with Gasteiger partial charge in [0, 0.05) is 11.3 Å². The number of hydrogen-bond donors (Lipinski definition) is 1. The molecule has 1 saturated heterocycles. The summed E-state index contributed by atoms with van der Waals surface area (Å²) < 4.78 is 5.52. The molecule has 1 fully saturated rings. The Morgan fingerprint density at radius 1 is 1.28 bits per heavy atom. The molecule has 4 nitrogen and oxygen atoms in total. The molecule has 1 N–H and O–H groups in total. The Morgan fingerprint density at radius 3 is 3.04 bits per heavy atom. The molecule has 0 atom stereocenters. The van der Waals surface area contributed by atoms with Crippen molar-refractivity contribution in [2.24, 2.45) is 4.99 Å². The third-order valence-corrected chi connectivity index (χ3v) is 5.66. The van der Waals surface area contributed by atoms with Crippen LogP contribution in [0.5, 0.6) is 5.75 Å². The number of rotatable bonds is 3. The van der Waals surface area contributed by atoms with Gasteiger partial charge in [0.2, 0.25) is 0 Å². The van der Waals surface area contributed by atoms with Gasteiger partial charge in [0.1, 0.15) is 5.75 Å². The molecule has 25 heavy (non-hydrogen) atoms. The SMILES string of the molecule is CSc1ccccc1/N=C1/NC(=O)/C(=C/c2ccc3c(c2)CCO3)S1. The Bertz CT molecular complexity index is 906. The first kappa shape index (κ1) is 16.3. The Labute approximate surface area is 154 Å². The van der Waals surface area contributed by atoms with Crippen LogP contribution >= 0.6 is 23.5 Å². The Balaban J connectivity index is 1.59. The molecule has 2 aliphatic rings. The maximum atomic E-state index is 12.3. The average Bonchev–Trinajstić information content (AvgIpc) is 3.22. The van der Waals surface area contributed by atoms with Crippen LogP contribution in [0, 0.1) is 0 Å². The minimum absolute atomic E-state index is 0.109. The third-order valence-electron chi connectivity index (χ3n) is 3.97. The van der Waals surface area contributed by atoms with Crippen LogP contribution in [0.2, 0.25) is 0 Å². The van der Waals surface area contributed by atoms with Gasteiger partial charge in [0.15, 0.2) is 5.17 Å². The number of carbonyl (C=O) groups excluding carboxylic acids is 1. The van der Waals surface area contributed by atoms with Crippen LogP contribution in [0.4, 0.5) is 5.69 Å². The topological polar surface area (TPSA) is 50.7 Å². The van der Waals surface area contributed by atoms with Gasteiger partial charge in [-0.3, -0.25) is 4.79 Å². The lowest BCUT2D eigenvalue weighted by molar-refractivity contribution is -0.115. The Morgan fingerprint density at radius 2 is 2.16 bits per heavy atom. The van der Waals surface area contributed by atoms with Gasteiger partial charge in [-0.25, -0.2) is 4.99 Å². The fourth-order valence-electron chi connectivity index (χ4n) is 2.76. The summed E-state index contributed by atoms with van der Waals surface area (Å²) in [5.41, 5.74) is 3.07. The van der Waals surface area contributed by atoms with Gasteiger partial charge in [-0.2, -0.15) is 0 Å². The number of para-hydroxylation sites is 1. The number of ether oxygens (including phenoxy) is 1. The second-order valence-electron chi connectivity index (χ2n) is 5.62. The standard InChI is InChI=1S/C19H16N2O2S2/c1-24-16-5-3-2-4-14(16)20-19-21-18(22)17(25-19)11-12-6-7-15-13(10-12)8-9-23-15/h2-7,10-11H,8-9H2,1H3,(H,20,21,22)/b17-11-. The van der Waals surface area contributed by atoms with E-state index in [1.54, 1.807) is 11.8 Å². The van der Waals surface area contributed by atoms with Crippen LogP contribution in [-0.2, 0) is 11.2 Å². The van der Waals surface area contributed by atoms with Gasteiger partial charge in [-0.1, -0.05) is 18.2 Å². The van der Waals surface area contributed by atoms with Crippen LogP contribution in [0.15, 0.2) is 57.3 Å². The van der Waals surface area contributed by atoms with Crippen molar-refractivity contribution in [1.29, 1.82) is 0 Å². The van der Waals surface area contributed by atoms with Gasteiger partial charge < -0.3 is 10.1 Å². The van der Waals surface area contributed by atoms with Crippen LogP contribution < -0.4 is 10.1 Å². The molecule has 0 unspecified atom stereocenters. The number of aliphatic imine (C=N–C) groups is 1. The van der Waals surface area contributed by atoms with Crippen molar-refractivity contribution in [3.63, 3.8) is 0 Å². The molecule has 0 radical (unpaired) electrons. The van der Waals surface area contributed by atoms with Crippen LogP contribution in [0.25, 0.3) is 6.08 Å². The first-order chi connectivity index (χ1) is 12.2. The number of carbonyl (C=O) groups is 1. The van der Waals surface area contributed by atoms with Crippen molar-refractivity contribution in [2.75, 3.05) is 12.9 Å². The molecule has 0 spiro atoms. The van der Waals surface area contributed by atoms with Crippen molar-refractivity contribution >= 4 is 46.4 Å². The molecule has 0 aliphatic carbocycles. The minimum Gasteiger partial charge on any atom is -0.493 e. The Hall–Kier alpha value is -2.18. The van der Waals surface area contributed by atoms with E-state index in [0.29, 0.717) is 10.1 Å². The summed E-state index contributed by atoms with van der Waals surface area (Å²) in [6, 6.07) is 13.9. The monoisotopic (exact) mass is 368 g/mol. The number of thioether (sulfide) groups is 2. The minimum atomic E-state index is -0.109. The van der Waals surface area contributed by atoms with Crippen molar-refractivity contribution in [3.8, 4) is 5.75 Å². The van der Waals surface area contributed by atoms with Crippen molar-refractivity contribution in [3.05, 3.63) is 58.5 Å². The number of fused-ring (bicyclic) bond motifs is 1. The summed E-state index contributed by atoms with van der Waals surface area (Å²) >= 11 is 3.01. The zero-order valence-electron chi connectivity index (χ0n) is 13.6. The lowest BCUT2D eigenvalue weighted by atomic mass is 10.1. The quantitative estimate of drug-likeness (QED) is 0.650. The second-order valence-corrected chi connectivity index (χ2v) is 7.50. The second kappa shape index (κ2) is 6.98. The number of nitrogens with one attached hydrogen (secondary N) is 1. The number of hydrogen-bond acceptors (Lipinski definition) is 5. The zero-order chi connectivity index (χ0) is 17.2. The first-order valence-corrected chi connectivity index (χ1v) is 9.95. The summed E-state index contributed by atoms with van der Waals surface area (Å²) in [5.74, 6) is 0.837. The molecule has 6 heteroatoms. The molecule has 2 aromatic carbocycles. The van der Waals surface area contributed by atoms with E-state index in [2.05, 4.69) is 16.4 Å². The molecule has 2 heterocycles. The number of amides is 1. The first-order valence-electron chi connectivity index (χ1n) is 7.91. The van der Waals surface area contributed by atoms with Crippen molar-refractivity contribution < 1.29 is 9.53 Å². The lowest BCUT2D eigenvalue weighted by Gasteiger charge is -2.02. The fraction of sp³-hybridized carbons (Fsp3) is 0.158. The largest absolute Gasteiger partial charge is 0.493 e. The molecule has 126 valence electrons. The van der Waals surface area contributed by atoms with E-state index in [4.69, 9.17) is 4.74 Å². The van der Waals surface area contributed by atoms with E-state index in [-0.39, 0.29) is 5.91 Å². The third kappa shape index (κ3) is 3.45. The summed E-state index contributed by atoms with van der Waals surface area (Å²) in [5, 5.41) is 3.46. The summed E-state index contributed by atoms with van der Waals surface area (Å²) in [7, 11) is 0. The molecule has 0 aromatic heterocycles. The van der Waals surface area contributed by atoms with E-state index in [1.807, 2.05) is 48.7 Å². The van der Waals surface area contributed by atoms with Gasteiger partial charge in [0.25, 0.3) is 5.91 Å². The summed E-state index contributed by atoms with van der Waals surface area (Å²) in [4.78, 5) is 18.6. The molecule has 0 bridgehead atoms. The van der Waals surface area contributed by atoms with E-state index in [9.17, 15) is 4.79 Å². The highest BCUT2D eigenvalue weighted by atomic mass is 32.2. The van der Waals surface area contributed by atoms with Gasteiger partial charge in [0.05, 0.1) is 17.2 Å². The number of benzene rings is 2. The van der Waals surface area contributed by atoms with E-state index in [0.717, 1.165) is 34.9 Å². The maximum Gasteiger partial charge on any atom is 0.264 e. The highest BCUT2D eigenvalue weighted by molar-refractivity contribution is 8.18. The molecule has 1 amide bonds. The van der Waals surface area contributed by atoms with E-state index in [1.165, 1.54) is 17.3 Å². The Kier molecular flexibility index (Phi) is 4.55. The van der Waals surface area contributed by atoms with Crippen LogP contribution in [-0.4, -0.2) is 23.9 Å². The maximum absolute atomic E-state index is 12.3. The molecular formula is C19H16N2O2S2. The smallest absolute Gasteiger partial charge is 0.264 e. The van der Waals surface area contributed by atoms with Gasteiger partial charge >= 0.3 is 0 Å². The zero-order valence-corrected chi connectivity index (χ0v) is 15.2. The number of amidine groups is 1. The number of nitrogens with zero attached hydrogens (tertiary/aromatic N) is 1. The molecule has 0 saturated carbocycles. The van der Waals surface area contributed by atoms with E-state index >= 15 is 0 Å². The van der Waals surface area contributed by atoms with Gasteiger partial charge in [-0.15, -0.1) is 11.8 Å². The lowest BCUT2D eigenvalue weighted by Crippen LogP contribution is -2.19. The van der Waals surface area contributed by atoms with Crippen LogP contribution in [0.3, 0.4) is 0 Å². The molecule has 2 aromatic rings. The summed E-state index contributed by atoms with van der Waals surface area (Å²) in [6.45, 7) is 0.732. The fourth-order valence-corrected chi connectivity index (χ4v) is 4.13. The van der Waals surface area contributed by atoms with Crippen molar-refractivity contribution in [1.82, 2.24) is 5.32 Å². The van der Waals surface area contributed by atoms with Crippen LogP contribution in [0.1, 0.15) is 11.1 Å². The predicted molar refractivity (Wildman–Crippen MR) is 105 cm³/mol. The highest BCUT2D eigenvalue weighted by Gasteiger charge is 2.24. The average molecular weight is 368 g/mol. The molecular weight excluding hydrogens is 352 g/mol. The van der Waals surface area contributed by atoms with E-state index < -0.39 is 0 Å².